The Bertz CT molecular complexity index is 1330. The van der Waals surface area contributed by atoms with E-state index in [0.717, 1.165) is 33.2 Å². The summed E-state index contributed by atoms with van der Waals surface area (Å²) in [6.07, 6.45) is 0. The number of anilines is 3. The third kappa shape index (κ3) is 3.13. The normalized spacial score (nSPS) is 11.0. The third-order valence-corrected chi connectivity index (χ3v) is 5.48. The van der Waals surface area contributed by atoms with E-state index in [-0.39, 0.29) is 0 Å². The standard InChI is InChI=1S/C26H20BNO2/c29-27(30)24-17-18-26(23-15-7-6-14-22(23)24)28(20-11-2-1-3-12-20)25-16-8-10-19-9-4-5-13-21(19)25/h1-18,29-30H. The second kappa shape index (κ2) is 7.67. The van der Waals surface area contributed by atoms with E-state index < -0.39 is 7.12 Å². The zero-order valence-electron chi connectivity index (χ0n) is 16.3. The molecule has 0 saturated heterocycles. The fourth-order valence-electron chi connectivity index (χ4n) is 4.11. The topological polar surface area (TPSA) is 43.7 Å². The first-order chi connectivity index (χ1) is 14.7. The Hall–Kier alpha value is -3.60. The zero-order chi connectivity index (χ0) is 20.5. The van der Waals surface area contributed by atoms with Gasteiger partial charge in [0.05, 0.1) is 11.4 Å². The maximum absolute atomic E-state index is 9.87. The lowest BCUT2D eigenvalue weighted by molar-refractivity contribution is 0.426. The summed E-state index contributed by atoms with van der Waals surface area (Å²) in [5, 5.41) is 23.8. The molecule has 0 fully saturated rings. The fourth-order valence-corrected chi connectivity index (χ4v) is 4.11. The highest BCUT2D eigenvalue weighted by Gasteiger charge is 2.21. The molecule has 0 atom stereocenters. The van der Waals surface area contributed by atoms with Crippen LogP contribution in [0.3, 0.4) is 0 Å². The van der Waals surface area contributed by atoms with E-state index in [9.17, 15) is 10.0 Å². The smallest absolute Gasteiger partial charge is 0.423 e. The highest BCUT2D eigenvalue weighted by Crippen LogP contribution is 2.41. The van der Waals surface area contributed by atoms with Crippen LogP contribution in [0.15, 0.2) is 109 Å². The second-order valence-corrected chi connectivity index (χ2v) is 7.26. The van der Waals surface area contributed by atoms with Crippen LogP contribution in [-0.4, -0.2) is 17.2 Å². The number of fused-ring (bicyclic) bond motifs is 2. The van der Waals surface area contributed by atoms with Gasteiger partial charge in [-0.15, -0.1) is 0 Å². The maximum atomic E-state index is 9.87. The van der Waals surface area contributed by atoms with E-state index in [1.165, 1.54) is 5.39 Å². The molecule has 5 aromatic carbocycles. The molecule has 0 aliphatic heterocycles. The Morgan fingerprint density at radius 3 is 1.87 bits per heavy atom. The van der Waals surface area contributed by atoms with Crippen molar-refractivity contribution in [3.63, 3.8) is 0 Å². The van der Waals surface area contributed by atoms with Crippen molar-refractivity contribution in [2.45, 2.75) is 0 Å². The molecule has 4 heteroatoms. The largest absolute Gasteiger partial charge is 0.489 e. The molecule has 0 aromatic heterocycles. The predicted octanol–water partition coefficient (Wildman–Crippen LogP) is 5.14. The van der Waals surface area contributed by atoms with Crippen LogP contribution in [0.4, 0.5) is 17.1 Å². The lowest BCUT2D eigenvalue weighted by Gasteiger charge is -2.28. The summed E-state index contributed by atoms with van der Waals surface area (Å²) in [7, 11) is -1.52. The first kappa shape index (κ1) is 18.4. The SMILES string of the molecule is OB(O)c1ccc(N(c2ccccc2)c2cccc3ccccc23)c2ccccc12. The Morgan fingerprint density at radius 1 is 0.500 bits per heavy atom. The van der Waals surface area contributed by atoms with E-state index in [4.69, 9.17) is 0 Å². The van der Waals surface area contributed by atoms with Crippen molar-refractivity contribution in [1.82, 2.24) is 0 Å². The molecule has 0 heterocycles. The molecular formula is C26H20BNO2. The molecule has 5 rings (SSSR count). The zero-order valence-corrected chi connectivity index (χ0v) is 16.3. The van der Waals surface area contributed by atoms with Crippen molar-refractivity contribution < 1.29 is 10.0 Å². The van der Waals surface area contributed by atoms with Crippen molar-refractivity contribution in [1.29, 1.82) is 0 Å². The summed E-state index contributed by atoms with van der Waals surface area (Å²) in [6, 6.07) is 36.5. The lowest BCUT2D eigenvalue weighted by Crippen LogP contribution is -2.30. The van der Waals surface area contributed by atoms with Crippen LogP contribution in [0.25, 0.3) is 21.5 Å². The van der Waals surface area contributed by atoms with Crippen LogP contribution in [-0.2, 0) is 0 Å². The van der Waals surface area contributed by atoms with Gasteiger partial charge in [-0.1, -0.05) is 84.9 Å². The van der Waals surface area contributed by atoms with Crippen LogP contribution in [0, 0.1) is 0 Å². The minimum atomic E-state index is -1.52. The average molecular weight is 389 g/mol. The molecule has 0 saturated carbocycles. The monoisotopic (exact) mass is 389 g/mol. The summed E-state index contributed by atoms with van der Waals surface area (Å²) >= 11 is 0. The van der Waals surface area contributed by atoms with Gasteiger partial charge in [-0.05, 0) is 40.5 Å². The Kier molecular flexibility index (Phi) is 4.72. The van der Waals surface area contributed by atoms with Gasteiger partial charge in [0, 0.05) is 16.5 Å². The molecule has 0 bridgehead atoms. The van der Waals surface area contributed by atoms with Gasteiger partial charge in [0.15, 0.2) is 0 Å². The third-order valence-electron chi connectivity index (χ3n) is 5.48. The Balaban J connectivity index is 1.85. The van der Waals surface area contributed by atoms with Crippen LogP contribution in [0.2, 0.25) is 0 Å². The fraction of sp³-hybridized carbons (Fsp3) is 0. The number of rotatable bonds is 4. The number of benzene rings is 5. The van der Waals surface area contributed by atoms with E-state index in [2.05, 4.69) is 53.4 Å². The molecule has 3 nitrogen and oxygen atoms in total. The Labute approximate surface area is 175 Å². The van der Waals surface area contributed by atoms with Crippen molar-refractivity contribution >= 4 is 51.2 Å². The van der Waals surface area contributed by atoms with E-state index in [1.807, 2.05) is 54.6 Å². The number of para-hydroxylation sites is 1. The minimum Gasteiger partial charge on any atom is -0.423 e. The van der Waals surface area contributed by atoms with E-state index in [0.29, 0.717) is 5.46 Å². The first-order valence-corrected chi connectivity index (χ1v) is 9.95. The molecule has 5 aromatic rings. The van der Waals surface area contributed by atoms with Crippen molar-refractivity contribution in [3.05, 3.63) is 109 Å². The summed E-state index contributed by atoms with van der Waals surface area (Å²) in [6.45, 7) is 0. The highest BCUT2D eigenvalue weighted by atomic mass is 16.4. The molecule has 0 radical (unpaired) electrons. The molecule has 0 amide bonds. The average Bonchev–Trinajstić information content (AvgIpc) is 2.80. The van der Waals surface area contributed by atoms with Gasteiger partial charge >= 0.3 is 7.12 Å². The van der Waals surface area contributed by atoms with Gasteiger partial charge < -0.3 is 14.9 Å². The quantitative estimate of drug-likeness (QED) is 0.418. The first-order valence-electron chi connectivity index (χ1n) is 9.95. The molecular weight excluding hydrogens is 369 g/mol. The lowest BCUT2D eigenvalue weighted by atomic mass is 9.77. The summed E-state index contributed by atoms with van der Waals surface area (Å²) in [5.74, 6) is 0. The van der Waals surface area contributed by atoms with Gasteiger partial charge in [0.1, 0.15) is 0 Å². The summed E-state index contributed by atoms with van der Waals surface area (Å²) in [5.41, 5.74) is 3.59. The molecule has 0 aliphatic carbocycles. The van der Waals surface area contributed by atoms with Crippen molar-refractivity contribution in [2.24, 2.45) is 0 Å². The molecule has 30 heavy (non-hydrogen) atoms. The summed E-state index contributed by atoms with van der Waals surface area (Å²) < 4.78 is 0. The van der Waals surface area contributed by atoms with E-state index >= 15 is 0 Å². The van der Waals surface area contributed by atoms with Gasteiger partial charge in [-0.25, -0.2) is 0 Å². The van der Waals surface area contributed by atoms with Crippen LogP contribution in [0.1, 0.15) is 0 Å². The van der Waals surface area contributed by atoms with Crippen LogP contribution in [0.5, 0.6) is 0 Å². The van der Waals surface area contributed by atoms with Gasteiger partial charge in [-0.3, -0.25) is 0 Å². The van der Waals surface area contributed by atoms with Crippen molar-refractivity contribution in [3.8, 4) is 0 Å². The maximum Gasteiger partial charge on any atom is 0.489 e. The predicted molar refractivity (Wildman–Crippen MR) is 126 cm³/mol. The minimum absolute atomic E-state index is 0.500. The number of hydrogen-bond donors (Lipinski definition) is 2. The molecule has 0 aliphatic rings. The molecule has 144 valence electrons. The van der Waals surface area contributed by atoms with Crippen LogP contribution < -0.4 is 10.4 Å². The molecule has 0 spiro atoms. The molecule has 2 N–H and O–H groups in total. The summed E-state index contributed by atoms with van der Waals surface area (Å²) in [4.78, 5) is 2.23. The van der Waals surface area contributed by atoms with E-state index in [1.54, 1.807) is 6.07 Å². The van der Waals surface area contributed by atoms with Gasteiger partial charge in [0.25, 0.3) is 0 Å². The second-order valence-electron chi connectivity index (χ2n) is 7.26. The van der Waals surface area contributed by atoms with Crippen molar-refractivity contribution in [2.75, 3.05) is 4.90 Å². The Morgan fingerprint density at radius 2 is 1.10 bits per heavy atom. The number of nitrogens with zero attached hydrogens (tertiary/aromatic N) is 1. The van der Waals surface area contributed by atoms with Crippen LogP contribution >= 0.6 is 0 Å². The van der Waals surface area contributed by atoms with Gasteiger partial charge in [-0.2, -0.15) is 0 Å². The van der Waals surface area contributed by atoms with Gasteiger partial charge in [0.2, 0.25) is 0 Å². The number of hydrogen-bond acceptors (Lipinski definition) is 3. The molecule has 0 unspecified atom stereocenters. The highest BCUT2D eigenvalue weighted by molar-refractivity contribution is 6.62.